The van der Waals surface area contributed by atoms with Gasteiger partial charge in [0.25, 0.3) is 0 Å². The third-order valence-corrected chi connectivity index (χ3v) is 3.99. The Hall–Kier alpha value is -2.08. The minimum absolute atomic E-state index is 0.161. The van der Waals surface area contributed by atoms with Crippen molar-refractivity contribution in [2.75, 3.05) is 13.2 Å². The van der Waals surface area contributed by atoms with Gasteiger partial charge >= 0.3 is 6.09 Å². The first-order valence-corrected chi connectivity index (χ1v) is 8.55. The molecule has 0 fully saturated rings. The van der Waals surface area contributed by atoms with Crippen LogP contribution in [0.1, 0.15) is 40.2 Å². The summed E-state index contributed by atoms with van der Waals surface area (Å²) in [6.45, 7) is 9.32. The van der Waals surface area contributed by atoms with E-state index in [9.17, 15) is 19.8 Å². The Bertz CT molecular complexity index is 567. The predicted octanol–water partition coefficient (Wildman–Crippen LogP) is 2.81. The number of carbonyl (C=O) groups is 2. The van der Waals surface area contributed by atoms with Crippen molar-refractivity contribution in [1.82, 2.24) is 9.80 Å². The van der Waals surface area contributed by atoms with Gasteiger partial charge in [-0.15, -0.1) is 0 Å². The Balaban J connectivity index is 3.17. The molecule has 0 radical (unpaired) electrons. The van der Waals surface area contributed by atoms with Gasteiger partial charge in [0.05, 0.1) is 6.61 Å². The van der Waals surface area contributed by atoms with Crippen LogP contribution < -0.4 is 0 Å². The first kappa shape index (κ1) is 21.0. The highest BCUT2D eigenvalue weighted by Gasteiger charge is 2.40. The lowest BCUT2D eigenvalue weighted by Crippen LogP contribution is -2.59. The first-order chi connectivity index (χ1) is 11.6. The van der Waals surface area contributed by atoms with E-state index in [1.165, 1.54) is 9.80 Å². The Morgan fingerprint density at radius 3 is 2.08 bits per heavy atom. The monoisotopic (exact) mass is 350 g/mol. The van der Waals surface area contributed by atoms with E-state index in [4.69, 9.17) is 0 Å². The zero-order valence-corrected chi connectivity index (χ0v) is 15.8. The zero-order chi connectivity index (χ0) is 19.2. The fourth-order valence-electron chi connectivity index (χ4n) is 2.90. The number of nitrogens with zero attached hydrogens (tertiary/aromatic N) is 2. The third-order valence-electron chi connectivity index (χ3n) is 3.99. The van der Waals surface area contributed by atoms with Gasteiger partial charge in [-0.3, -0.25) is 9.69 Å². The van der Waals surface area contributed by atoms with Gasteiger partial charge < -0.3 is 15.1 Å². The molecule has 6 heteroatoms. The summed E-state index contributed by atoms with van der Waals surface area (Å²) in [4.78, 5) is 27.8. The van der Waals surface area contributed by atoms with Gasteiger partial charge in [-0.05, 0) is 32.3 Å². The van der Waals surface area contributed by atoms with Crippen LogP contribution in [0.2, 0.25) is 0 Å². The van der Waals surface area contributed by atoms with E-state index in [1.807, 2.05) is 44.2 Å². The van der Waals surface area contributed by atoms with E-state index in [-0.39, 0.29) is 25.0 Å². The van der Waals surface area contributed by atoms with Crippen molar-refractivity contribution >= 4 is 12.0 Å². The summed E-state index contributed by atoms with van der Waals surface area (Å²) >= 11 is 0. The highest BCUT2D eigenvalue weighted by Crippen LogP contribution is 2.24. The van der Waals surface area contributed by atoms with Crippen molar-refractivity contribution in [2.45, 2.75) is 52.7 Å². The van der Waals surface area contributed by atoms with E-state index in [0.717, 1.165) is 5.56 Å². The molecule has 0 saturated carbocycles. The number of carboxylic acid groups (broad SMARTS) is 1. The lowest BCUT2D eigenvalue weighted by Gasteiger charge is -2.42. The number of carbonyl (C=O) groups excluding carboxylic acids is 1. The van der Waals surface area contributed by atoms with Gasteiger partial charge in [0.1, 0.15) is 6.04 Å². The zero-order valence-electron chi connectivity index (χ0n) is 15.8. The molecular formula is C19H30N2O4. The van der Waals surface area contributed by atoms with Gasteiger partial charge in [-0.2, -0.15) is 0 Å². The number of rotatable bonds is 7. The maximum Gasteiger partial charge on any atom is 0.408 e. The standard InChI is InChI=1S/C19H30N2O4/c1-14(2)16(21(18(24)25)19(3,4)5)17(23)20(11-12-22)13-15-9-7-6-8-10-15/h6-10,14,16,22H,11-13H2,1-5H3,(H,24,25). The summed E-state index contributed by atoms with van der Waals surface area (Å²) in [6.07, 6.45) is -1.12. The van der Waals surface area contributed by atoms with Crippen molar-refractivity contribution < 1.29 is 19.8 Å². The van der Waals surface area contributed by atoms with Crippen molar-refractivity contribution in [3.63, 3.8) is 0 Å². The van der Waals surface area contributed by atoms with Crippen LogP contribution in [-0.2, 0) is 11.3 Å². The molecule has 25 heavy (non-hydrogen) atoms. The molecule has 0 aromatic heterocycles. The van der Waals surface area contributed by atoms with Crippen LogP contribution >= 0.6 is 0 Å². The fourth-order valence-corrected chi connectivity index (χ4v) is 2.90. The molecule has 0 aliphatic heterocycles. The van der Waals surface area contributed by atoms with Crippen LogP contribution in [0.25, 0.3) is 0 Å². The van der Waals surface area contributed by atoms with Crippen LogP contribution in [0.15, 0.2) is 30.3 Å². The summed E-state index contributed by atoms with van der Waals surface area (Å²) in [7, 11) is 0. The molecule has 2 N–H and O–H groups in total. The quantitative estimate of drug-likeness (QED) is 0.792. The number of amides is 2. The highest BCUT2D eigenvalue weighted by molar-refractivity contribution is 5.86. The van der Waals surface area contributed by atoms with Crippen LogP contribution in [-0.4, -0.2) is 56.7 Å². The van der Waals surface area contributed by atoms with Crippen LogP contribution in [0, 0.1) is 5.92 Å². The second kappa shape index (κ2) is 8.85. The lowest BCUT2D eigenvalue weighted by molar-refractivity contribution is -0.141. The van der Waals surface area contributed by atoms with Gasteiger partial charge in [-0.25, -0.2) is 4.79 Å². The Kier molecular flexibility index (Phi) is 7.42. The van der Waals surface area contributed by atoms with Crippen molar-refractivity contribution in [1.29, 1.82) is 0 Å². The number of benzene rings is 1. The summed E-state index contributed by atoms with van der Waals surface area (Å²) < 4.78 is 0. The molecule has 0 bridgehead atoms. The van der Waals surface area contributed by atoms with Crippen LogP contribution in [0.4, 0.5) is 4.79 Å². The molecule has 2 amide bonds. The van der Waals surface area contributed by atoms with Gasteiger partial charge in [-0.1, -0.05) is 44.2 Å². The molecule has 0 spiro atoms. The van der Waals surface area contributed by atoms with Gasteiger partial charge in [0.2, 0.25) is 5.91 Å². The van der Waals surface area contributed by atoms with Gasteiger partial charge in [0.15, 0.2) is 0 Å². The maximum atomic E-state index is 13.2. The highest BCUT2D eigenvalue weighted by atomic mass is 16.4. The Labute approximate surface area is 150 Å². The van der Waals surface area contributed by atoms with Crippen LogP contribution in [0.5, 0.6) is 0 Å². The molecule has 0 saturated heterocycles. The molecule has 1 rings (SSSR count). The lowest BCUT2D eigenvalue weighted by atomic mass is 9.95. The number of aliphatic hydroxyl groups is 1. The van der Waals surface area contributed by atoms with E-state index < -0.39 is 17.7 Å². The maximum absolute atomic E-state index is 13.2. The molecular weight excluding hydrogens is 320 g/mol. The Morgan fingerprint density at radius 1 is 1.12 bits per heavy atom. The molecule has 1 aromatic rings. The largest absolute Gasteiger partial charge is 0.465 e. The van der Waals surface area contributed by atoms with E-state index in [2.05, 4.69) is 0 Å². The van der Waals surface area contributed by atoms with Crippen LogP contribution in [0.3, 0.4) is 0 Å². The predicted molar refractivity (Wildman–Crippen MR) is 97.2 cm³/mol. The second-order valence-electron chi connectivity index (χ2n) is 7.48. The van der Waals surface area contributed by atoms with Crippen molar-refractivity contribution in [2.24, 2.45) is 5.92 Å². The van der Waals surface area contributed by atoms with E-state index in [1.54, 1.807) is 20.8 Å². The smallest absolute Gasteiger partial charge is 0.408 e. The summed E-state index contributed by atoms with van der Waals surface area (Å²) in [5.41, 5.74) is 0.220. The minimum atomic E-state index is -1.12. The van der Waals surface area contributed by atoms with Gasteiger partial charge in [0, 0.05) is 18.6 Å². The number of hydrogen-bond acceptors (Lipinski definition) is 3. The van der Waals surface area contributed by atoms with E-state index in [0.29, 0.717) is 6.54 Å². The molecule has 0 aliphatic rings. The molecule has 1 unspecified atom stereocenters. The van der Waals surface area contributed by atoms with E-state index >= 15 is 0 Å². The number of hydrogen-bond donors (Lipinski definition) is 2. The minimum Gasteiger partial charge on any atom is -0.465 e. The second-order valence-corrected chi connectivity index (χ2v) is 7.48. The molecule has 1 atom stereocenters. The topological polar surface area (TPSA) is 81.1 Å². The number of aliphatic hydroxyl groups excluding tert-OH is 1. The third kappa shape index (κ3) is 5.74. The first-order valence-electron chi connectivity index (χ1n) is 8.55. The molecule has 6 nitrogen and oxygen atoms in total. The van der Waals surface area contributed by atoms with Crippen molar-refractivity contribution in [3.8, 4) is 0 Å². The molecule has 140 valence electrons. The molecule has 1 aromatic carbocycles. The summed E-state index contributed by atoms with van der Waals surface area (Å²) in [5, 5.41) is 19.1. The van der Waals surface area contributed by atoms with Crippen molar-refractivity contribution in [3.05, 3.63) is 35.9 Å². The fraction of sp³-hybridized carbons (Fsp3) is 0.579. The normalized spacial score (nSPS) is 12.8. The SMILES string of the molecule is CC(C)C(C(=O)N(CCO)Cc1ccccc1)N(C(=O)O)C(C)(C)C. The average molecular weight is 350 g/mol. The average Bonchev–Trinajstić information content (AvgIpc) is 2.50. The summed E-state index contributed by atoms with van der Waals surface area (Å²) in [5.74, 6) is -0.481. The summed E-state index contributed by atoms with van der Waals surface area (Å²) in [6, 6.07) is 8.66. The Morgan fingerprint density at radius 2 is 1.68 bits per heavy atom. The molecule has 0 heterocycles. The molecule has 0 aliphatic carbocycles.